The van der Waals surface area contributed by atoms with E-state index in [0.717, 1.165) is 0 Å². The van der Waals surface area contributed by atoms with Gasteiger partial charge in [-0.15, -0.1) is 0 Å². The molecule has 16 heavy (non-hydrogen) atoms. The molecule has 0 aliphatic heterocycles. The molecular formula is C10H19N3O3. The molecule has 0 aromatic heterocycles. The number of carbonyl (C=O) groups is 1. The Bertz CT molecular complexity index is 272. The molecule has 0 spiro atoms. The molecule has 92 valence electrons. The third kappa shape index (κ3) is 7.66. The summed E-state index contributed by atoms with van der Waals surface area (Å²) in [5.41, 5.74) is 0. The van der Waals surface area contributed by atoms with E-state index >= 15 is 0 Å². The van der Waals surface area contributed by atoms with Crippen molar-refractivity contribution >= 4 is 12.5 Å². The van der Waals surface area contributed by atoms with E-state index in [4.69, 9.17) is 4.74 Å². The Morgan fingerprint density at radius 3 is 2.31 bits per heavy atom. The Morgan fingerprint density at radius 1 is 1.25 bits per heavy atom. The number of carbonyl (C=O) groups excluding carboxylic acids is 1. The topological polar surface area (TPSA) is 54.4 Å². The maximum atomic E-state index is 11.1. The lowest BCUT2D eigenvalue weighted by molar-refractivity contribution is 0.0800. The molecule has 0 rings (SSSR count). The van der Waals surface area contributed by atoms with Gasteiger partial charge in [0.2, 0.25) is 5.88 Å². The van der Waals surface area contributed by atoms with Crippen LogP contribution >= 0.6 is 0 Å². The fourth-order valence-corrected chi connectivity index (χ4v) is 0.712. The Kier molecular flexibility index (Phi) is 6.74. The predicted octanol–water partition coefficient (Wildman–Crippen LogP) is 1.11. The Morgan fingerprint density at radius 2 is 1.88 bits per heavy atom. The van der Waals surface area contributed by atoms with Crippen LogP contribution in [0.5, 0.6) is 0 Å². The van der Waals surface area contributed by atoms with E-state index in [1.54, 1.807) is 37.0 Å². The first-order valence-electron chi connectivity index (χ1n) is 4.89. The van der Waals surface area contributed by atoms with Crippen LogP contribution in [0.15, 0.2) is 17.1 Å². The minimum absolute atomic E-state index is 0.178. The lowest BCUT2D eigenvalue weighted by Gasteiger charge is -2.09. The molecule has 0 aromatic rings. The van der Waals surface area contributed by atoms with Gasteiger partial charge in [0.25, 0.3) is 0 Å². The lowest BCUT2D eigenvalue weighted by Crippen LogP contribution is -2.12. The van der Waals surface area contributed by atoms with Crippen molar-refractivity contribution in [3.63, 3.8) is 0 Å². The first-order chi connectivity index (χ1) is 7.45. The van der Waals surface area contributed by atoms with E-state index in [-0.39, 0.29) is 12.5 Å². The van der Waals surface area contributed by atoms with Gasteiger partial charge in [0.05, 0.1) is 19.1 Å². The molecule has 0 amide bonds. The van der Waals surface area contributed by atoms with Gasteiger partial charge in [-0.1, -0.05) is 0 Å². The summed E-state index contributed by atoms with van der Waals surface area (Å²) < 4.78 is 9.54. The van der Waals surface area contributed by atoms with Gasteiger partial charge in [0.15, 0.2) is 0 Å². The van der Waals surface area contributed by atoms with Crippen molar-refractivity contribution in [1.82, 2.24) is 9.80 Å². The molecule has 6 nitrogen and oxygen atoms in total. The molecule has 0 aromatic carbocycles. The van der Waals surface area contributed by atoms with Crippen molar-refractivity contribution in [2.75, 3.05) is 34.8 Å². The highest BCUT2D eigenvalue weighted by molar-refractivity contribution is 5.62. The monoisotopic (exact) mass is 229 g/mol. The van der Waals surface area contributed by atoms with Crippen LogP contribution in [0.25, 0.3) is 0 Å². The van der Waals surface area contributed by atoms with Gasteiger partial charge < -0.3 is 19.3 Å². The summed E-state index contributed by atoms with van der Waals surface area (Å²) >= 11 is 0. The third-order valence-corrected chi connectivity index (χ3v) is 1.23. The van der Waals surface area contributed by atoms with E-state index in [1.165, 1.54) is 6.34 Å². The molecule has 0 atom stereocenters. The smallest absolute Gasteiger partial charge is 0.434 e. The van der Waals surface area contributed by atoms with Gasteiger partial charge in [0.1, 0.15) is 0 Å². The largest absolute Gasteiger partial charge is 0.515 e. The first kappa shape index (κ1) is 14.3. The third-order valence-electron chi connectivity index (χ3n) is 1.23. The highest BCUT2D eigenvalue weighted by Crippen LogP contribution is 2.02. The minimum Gasteiger partial charge on any atom is -0.434 e. The molecular weight excluding hydrogens is 210 g/mol. The Labute approximate surface area is 96.1 Å². The molecule has 0 unspecified atom stereocenters. The molecule has 0 aliphatic carbocycles. The van der Waals surface area contributed by atoms with Gasteiger partial charge in [-0.05, 0) is 6.92 Å². The fourth-order valence-electron chi connectivity index (χ4n) is 0.712. The minimum atomic E-state index is -0.758. The molecule has 0 saturated heterocycles. The van der Waals surface area contributed by atoms with Crippen LogP contribution in [0.2, 0.25) is 0 Å². The van der Waals surface area contributed by atoms with Gasteiger partial charge in [-0.2, -0.15) is 0 Å². The number of hydrogen-bond donors (Lipinski definition) is 0. The second-order valence-electron chi connectivity index (χ2n) is 3.42. The summed E-state index contributed by atoms with van der Waals surface area (Å²) in [6.45, 7) is 1.98. The van der Waals surface area contributed by atoms with E-state index in [9.17, 15) is 4.79 Å². The second kappa shape index (κ2) is 7.56. The summed E-state index contributed by atoms with van der Waals surface area (Å²) in [7, 11) is 7.25. The van der Waals surface area contributed by atoms with Crippen LogP contribution in [-0.2, 0) is 9.47 Å². The van der Waals surface area contributed by atoms with Crippen molar-refractivity contribution in [2.24, 2.45) is 4.99 Å². The zero-order chi connectivity index (χ0) is 12.6. The number of aliphatic imine (C=N–C) groups is 1. The Balaban J connectivity index is 4.50. The molecule has 0 N–H and O–H groups in total. The van der Waals surface area contributed by atoms with Gasteiger partial charge in [0, 0.05) is 28.2 Å². The lowest BCUT2D eigenvalue weighted by atomic mass is 10.7. The maximum Gasteiger partial charge on any atom is 0.515 e. The summed E-state index contributed by atoms with van der Waals surface area (Å²) in [5.74, 6) is 0.178. The van der Waals surface area contributed by atoms with Crippen LogP contribution < -0.4 is 0 Å². The number of rotatable bonds is 5. The summed E-state index contributed by atoms with van der Waals surface area (Å²) in [5, 5.41) is 0. The molecule has 0 saturated carbocycles. The molecule has 0 radical (unpaired) electrons. The fraction of sp³-hybridized carbons (Fsp3) is 0.600. The zero-order valence-electron chi connectivity index (χ0n) is 10.4. The molecule has 0 aliphatic rings. The summed E-state index contributed by atoms with van der Waals surface area (Å²) in [6.07, 6.45) is 2.36. The quantitative estimate of drug-likeness (QED) is 0.306. The second-order valence-corrected chi connectivity index (χ2v) is 3.42. The normalized spacial score (nSPS) is 11.4. The number of nitrogens with zero attached hydrogens (tertiary/aromatic N) is 3. The van der Waals surface area contributed by atoms with Gasteiger partial charge >= 0.3 is 6.16 Å². The van der Waals surface area contributed by atoms with Gasteiger partial charge in [-0.3, -0.25) is 0 Å². The average molecular weight is 229 g/mol. The van der Waals surface area contributed by atoms with Crippen LogP contribution in [0.3, 0.4) is 0 Å². The first-order valence-corrected chi connectivity index (χ1v) is 4.89. The van der Waals surface area contributed by atoms with Crippen LogP contribution in [0.4, 0.5) is 4.79 Å². The molecule has 0 fully saturated rings. The van der Waals surface area contributed by atoms with Crippen molar-refractivity contribution in [3.05, 3.63) is 12.1 Å². The van der Waals surface area contributed by atoms with E-state index in [2.05, 4.69) is 9.73 Å². The standard InChI is InChI=1S/C10H19N3O3/c1-6-15-10(14)16-9(7-12(2)3)11-8-13(4)5/h7-8H,6H2,1-5H3. The maximum absolute atomic E-state index is 11.1. The van der Waals surface area contributed by atoms with Crippen molar-refractivity contribution in [1.29, 1.82) is 0 Å². The number of ether oxygens (including phenoxy) is 2. The summed E-state index contributed by atoms with van der Waals surface area (Å²) in [4.78, 5) is 18.5. The van der Waals surface area contributed by atoms with Gasteiger partial charge in [-0.25, -0.2) is 9.79 Å². The molecule has 6 heteroatoms. The van der Waals surface area contributed by atoms with E-state index < -0.39 is 6.16 Å². The highest BCUT2D eigenvalue weighted by atomic mass is 16.7. The predicted molar refractivity (Wildman–Crippen MR) is 62.1 cm³/mol. The van der Waals surface area contributed by atoms with Crippen LogP contribution in [0.1, 0.15) is 6.92 Å². The van der Waals surface area contributed by atoms with Crippen LogP contribution in [-0.4, -0.2) is 57.1 Å². The van der Waals surface area contributed by atoms with Crippen molar-refractivity contribution in [3.8, 4) is 0 Å². The Hall–Kier alpha value is -1.72. The highest BCUT2D eigenvalue weighted by Gasteiger charge is 2.06. The van der Waals surface area contributed by atoms with Crippen molar-refractivity contribution < 1.29 is 14.3 Å². The molecule has 0 bridgehead atoms. The summed E-state index contributed by atoms with van der Waals surface area (Å²) in [6, 6.07) is 0. The van der Waals surface area contributed by atoms with Crippen molar-refractivity contribution in [2.45, 2.75) is 6.92 Å². The van der Waals surface area contributed by atoms with E-state index in [0.29, 0.717) is 0 Å². The average Bonchev–Trinajstić information content (AvgIpc) is 2.13. The zero-order valence-corrected chi connectivity index (χ0v) is 10.4. The SMILES string of the molecule is CCOC(=O)OC(=CN(C)C)N=CN(C)C. The van der Waals surface area contributed by atoms with Crippen LogP contribution in [0, 0.1) is 0 Å². The van der Waals surface area contributed by atoms with E-state index in [1.807, 2.05) is 14.1 Å². The number of hydrogen-bond acceptors (Lipinski definition) is 5. The molecule has 0 heterocycles.